The molecule has 3 N–H and O–H groups in total. The van der Waals surface area contributed by atoms with Crippen molar-refractivity contribution in [2.75, 3.05) is 11.9 Å². The van der Waals surface area contributed by atoms with Gasteiger partial charge in [0.25, 0.3) is 0 Å². The maximum absolute atomic E-state index is 10.9. The van der Waals surface area contributed by atoms with Crippen molar-refractivity contribution < 1.29 is 14.7 Å². The number of nitrogens with one attached hydrogen (secondary N) is 2. The summed E-state index contributed by atoms with van der Waals surface area (Å²) in [7, 11) is 0. The predicted octanol–water partition coefficient (Wildman–Crippen LogP) is 2.08. The molecule has 0 aromatic carbocycles. The second-order valence-electron chi connectivity index (χ2n) is 5.51. The maximum Gasteiger partial charge on any atom is 0.306 e. The van der Waals surface area contributed by atoms with E-state index in [1.807, 2.05) is 5.38 Å². The minimum Gasteiger partial charge on any atom is -0.481 e. The van der Waals surface area contributed by atoms with Gasteiger partial charge in [-0.05, 0) is 38.1 Å². The lowest BCUT2D eigenvalue weighted by Gasteiger charge is -2.26. The minimum atomic E-state index is -0.658. The topological polar surface area (TPSA) is 91.3 Å². The first kappa shape index (κ1) is 15.9. The fourth-order valence-corrected chi connectivity index (χ4v) is 3.37. The van der Waals surface area contributed by atoms with E-state index in [1.54, 1.807) is 0 Å². The summed E-state index contributed by atoms with van der Waals surface area (Å²) in [6.45, 7) is 3.03. The maximum atomic E-state index is 10.9. The molecule has 0 bridgehead atoms. The number of hydrogen-bond acceptors (Lipinski definition) is 5. The number of aromatic nitrogens is 1. The molecule has 0 spiro atoms. The van der Waals surface area contributed by atoms with Gasteiger partial charge in [-0.1, -0.05) is 0 Å². The van der Waals surface area contributed by atoms with Crippen molar-refractivity contribution in [3.05, 3.63) is 11.1 Å². The van der Waals surface area contributed by atoms with Crippen LogP contribution in [0, 0.1) is 11.8 Å². The van der Waals surface area contributed by atoms with Gasteiger partial charge in [-0.2, -0.15) is 0 Å². The first-order valence-electron chi connectivity index (χ1n) is 7.20. The molecule has 1 aliphatic carbocycles. The molecular weight excluding hydrogens is 290 g/mol. The Morgan fingerprint density at radius 2 is 2.10 bits per heavy atom. The number of hydrogen-bond donors (Lipinski definition) is 3. The molecule has 6 nitrogen and oxygen atoms in total. The van der Waals surface area contributed by atoms with Gasteiger partial charge >= 0.3 is 5.97 Å². The number of rotatable bonds is 6. The molecule has 1 heterocycles. The molecule has 21 heavy (non-hydrogen) atoms. The van der Waals surface area contributed by atoms with Crippen LogP contribution in [0.15, 0.2) is 5.38 Å². The standard InChI is InChI=1S/C14H21N3O3S/c1-9(18)16-14-17-12(8-21-14)7-15-6-10-2-4-11(5-3-10)13(19)20/h8,10-11,15H,2-7H2,1H3,(H,19,20)(H,16,17,18). The summed E-state index contributed by atoms with van der Waals surface area (Å²) in [6.07, 6.45) is 3.51. The molecule has 1 fully saturated rings. The summed E-state index contributed by atoms with van der Waals surface area (Å²) in [5, 5.41) is 17.5. The molecule has 1 aromatic rings. The van der Waals surface area contributed by atoms with Crippen LogP contribution < -0.4 is 10.6 Å². The van der Waals surface area contributed by atoms with Crippen LogP contribution >= 0.6 is 11.3 Å². The second-order valence-corrected chi connectivity index (χ2v) is 6.37. The Bertz CT molecular complexity index is 495. The Morgan fingerprint density at radius 1 is 1.38 bits per heavy atom. The van der Waals surface area contributed by atoms with E-state index in [2.05, 4.69) is 15.6 Å². The van der Waals surface area contributed by atoms with Crippen LogP contribution in [-0.4, -0.2) is 28.5 Å². The first-order chi connectivity index (χ1) is 10.0. The van der Waals surface area contributed by atoms with E-state index >= 15 is 0 Å². The van der Waals surface area contributed by atoms with Crippen molar-refractivity contribution >= 4 is 28.3 Å². The fraction of sp³-hybridized carbons (Fsp3) is 0.643. The van der Waals surface area contributed by atoms with E-state index < -0.39 is 5.97 Å². The van der Waals surface area contributed by atoms with Gasteiger partial charge in [-0.15, -0.1) is 11.3 Å². The minimum absolute atomic E-state index is 0.112. The zero-order valence-corrected chi connectivity index (χ0v) is 12.9. The van der Waals surface area contributed by atoms with Crippen molar-refractivity contribution in [2.45, 2.75) is 39.2 Å². The molecule has 1 amide bonds. The molecule has 1 saturated carbocycles. The van der Waals surface area contributed by atoms with Crippen molar-refractivity contribution in [2.24, 2.45) is 11.8 Å². The van der Waals surface area contributed by atoms with Gasteiger partial charge in [0.15, 0.2) is 5.13 Å². The lowest BCUT2D eigenvalue weighted by Crippen LogP contribution is -2.28. The Morgan fingerprint density at radius 3 is 2.71 bits per heavy atom. The van der Waals surface area contributed by atoms with Crippen LogP contribution in [0.1, 0.15) is 38.3 Å². The molecule has 7 heteroatoms. The monoisotopic (exact) mass is 311 g/mol. The van der Waals surface area contributed by atoms with E-state index in [9.17, 15) is 9.59 Å². The van der Waals surface area contributed by atoms with Gasteiger partial charge in [0.1, 0.15) is 0 Å². The quantitative estimate of drug-likeness (QED) is 0.748. The lowest BCUT2D eigenvalue weighted by molar-refractivity contribution is -0.143. The van der Waals surface area contributed by atoms with E-state index in [-0.39, 0.29) is 11.8 Å². The number of carboxylic acid groups (broad SMARTS) is 1. The number of thiazole rings is 1. The molecule has 0 radical (unpaired) electrons. The summed E-state index contributed by atoms with van der Waals surface area (Å²) >= 11 is 1.42. The smallest absolute Gasteiger partial charge is 0.306 e. The van der Waals surface area contributed by atoms with Crippen LogP contribution in [0.5, 0.6) is 0 Å². The highest BCUT2D eigenvalue weighted by Crippen LogP contribution is 2.28. The van der Waals surface area contributed by atoms with Crippen molar-refractivity contribution in [3.63, 3.8) is 0 Å². The van der Waals surface area contributed by atoms with Gasteiger partial charge in [0.05, 0.1) is 11.6 Å². The summed E-state index contributed by atoms with van der Waals surface area (Å²) in [4.78, 5) is 26.1. The highest BCUT2D eigenvalue weighted by Gasteiger charge is 2.25. The third-order valence-corrected chi connectivity index (χ3v) is 4.58. The molecule has 0 atom stereocenters. The van der Waals surface area contributed by atoms with Gasteiger partial charge in [0, 0.05) is 18.8 Å². The highest BCUT2D eigenvalue weighted by molar-refractivity contribution is 7.13. The SMILES string of the molecule is CC(=O)Nc1nc(CNCC2CCC(C(=O)O)CC2)cs1. The molecule has 1 aromatic heterocycles. The summed E-state index contributed by atoms with van der Waals surface area (Å²) in [5.74, 6) is -0.373. The third kappa shape index (κ3) is 5.09. The molecule has 0 saturated heterocycles. The van der Waals surface area contributed by atoms with Crippen LogP contribution in [0.3, 0.4) is 0 Å². The van der Waals surface area contributed by atoms with Gasteiger partial charge in [-0.25, -0.2) is 4.98 Å². The number of carbonyl (C=O) groups excluding carboxylic acids is 1. The van der Waals surface area contributed by atoms with Crippen LogP contribution in [0.2, 0.25) is 0 Å². The lowest BCUT2D eigenvalue weighted by atomic mass is 9.82. The summed E-state index contributed by atoms with van der Waals surface area (Å²) < 4.78 is 0. The largest absolute Gasteiger partial charge is 0.481 e. The second kappa shape index (κ2) is 7.51. The molecule has 1 aliphatic rings. The first-order valence-corrected chi connectivity index (χ1v) is 8.08. The number of anilines is 1. The van der Waals surface area contributed by atoms with Crippen molar-refractivity contribution in [1.82, 2.24) is 10.3 Å². The van der Waals surface area contributed by atoms with Crippen molar-refractivity contribution in [3.8, 4) is 0 Å². The number of carbonyl (C=O) groups is 2. The van der Waals surface area contributed by atoms with E-state index in [4.69, 9.17) is 5.11 Å². The molecule has 0 aliphatic heterocycles. The third-order valence-electron chi connectivity index (χ3n) is 3.77. The fourth-order valence-electron chi connectivity index (χ4n) is 2.61. The summed E-state index contributed by atoms with van der Waals surface area (Å²) in [6, 6.07) is 0. The van der Waals surface area contributed by atoms with E-state index in [1.165, 1.54) is 18.3 Å². The van der Waals surface area contributed by atoms with Crippen LogP contribution in [-0.2, 0) is 16.1 Å². The number of amides is 1. The Kier molecular flexibility index (Phi) is 5.69. The Hall–Kier alpha value is -1.47. The van der Waals surface area contributed by atoms with E-state index in [0.29, 0.717) is 17.6 Å². The number of nitrogens with zero attached hydrogens (tertiary/aromatic N) is 1. The molecular formula is C14H21N3O3S. The summed E-state index contributed by atoms with van der Waals surface area (Å²) in [5.41, 5.74) is 0.919. The van der Waals surface area contributed by atoms with Crippen molar-refractivity contribution in [1.29, 1.82) is 0 Å². The van der Waals surface area contributed by atoms with Crippen LogP contribution in [0.4, 0.5) is 5.13 Å². The van der Waals surface area contributed by atoms with Gasteiger partial charge < -0.3 is 15.7 Å². The van der Waals surface area contributed by atoms with Gasteiger partial charge in [-0.3, -0.25) is 9.59 Å². The predicted molar refractivity (Wildman–Crippen MR) is 81.2 cm³/mol. The number of aliphatic carboxylic acids is 1. The average Bonchev–Trinajstić information content (AvgIpc) is 2.86. The average molecular weight is 311 g/mol. The molecule has 2 rings (SSSR count). The zero-order valence-electron chi connectivity index (χ0n) is 12.1. The normalized spacial score (nSPS) is 22.0. The molecule has 0 unspecified atom stereocenters. The van der Waals surface area contributed by atoms with Crippen LogP contribution in [0.25, 0.3) is 0 Å². The Balaban J connectivity index is 1.67. The van der Waals surface area contributed by atoms with Gasteiger partial charge in [0.2, 0.25) is 5.91 Å². The zero-order chi connectivity index (χ0) is 15.2. The Labute approximate surface area is 128 Å². The molecule has 116 valence electrons. The number of carboxylic acids is 1. The van der Waals surface area contributed by atoms with E-state index in [0.717, 1.165) is 37.9 Å². The highest BCUT2D eigenvalue weighted by atomic mass is 32.1.